The molecule has 1 saturated heterocycles. The number of nitrogens with one attached hydrogen (secondary N) is 1. The molecule has 25 heavy (non-hydrogen) atoms. The van der Waals surface area contributed by atoms with Crippen LogP contribution in [-0.2, 0) is 16.0 Å². The van der Waals surface area contributed by atoms with Crippen molar-refractivity contribution >= 4 is 23.4 Å². The van der Waals surface area contributed by atoms with E-state index in [1.54, 1.807) is 11.0 Å². The maximum absolute atomic E-state index is 12.2. The Morgan fingerprint density at radius 2 is 1.92 bits per heavy atom. The summed E-state index contributed by atoms with van der Waals surface area (Å²) >= 11 is 5.91. The van der Waals surface area contributed by atoms with E-state index >= 15 is 0 Å². The Balaban J connectivity index is 1.70. The van der Waals surface area contributed by atoms with Gasteiger partial charge in [0.2, 0.25) is 5.91 Å². The topological polar surface area (TPSA) is 49.4 Å². The van der Waals surface area contributed by atoms with Gasteiger partial charge in [0.05, 0.1) is 0 Å². The van der Waals surface area contributed by atoms with Crippen LogP contribution in [0.4, 0.5) is 13.2 Å². The first-order valence-electron chi connectivity index (χ1n) is 8.13. The van der Waals surface area contributed by atoms with Crippen molar-refractivity contribution in [3.05, 3.63) is 34.9 Å². The van der Waals surface area contributed by atoms with Crippen molar-refractivity contribution < 1.29 is 22.8 Å². The van der Waals surface area contributed by atoms with Crippen molar-refractivity contribution in [2.24, 2.45) is 5.92 Å². The second-order valence-corrected chi connectivity index (χ2v) is 6.60. The van der Waals surface area contributed by atoms with Crippen LogP contribution in [0.15, 0.2) is 24.3 Å². The van der Waals surface area contributed by atoms with Gasteiger partial charge in [-0.05, 0) is 42.9 Å². The van der Waals surface area contributed by atoms with Crippen molar-refractivity contribution in [3.8, 4) is 0 Å². The highest BCUT2D eigenvalue weighted by Crippen LogP contribution is 2.20. The zero-order valence-electron chi connectivity index (χ0n) is 13.6. The first kappa shape index (κ1) is 19.6. The van der Waals surface area contributed by atoms with Gasteiger partial charge >= 0.3 is 12.1 Å². The molecule has 0 atom stereocenters. The Morgan fingerprint density at radius 1 is 1.24 bits per heavy atom. The van der Waals surface area contributed by atoms with E-state index in [0.717, 1.165) is 5.56 Å². The number of piperidine rings is 1. The van der Waals surface area contributed by atoms with E-state index in [1.165, 1.54) is 0 Å². The van der Waals surface area contributed by atoms with E-state index in [-0.39, 0.29) is 18.4 Å². The molecule has 0 unspecified atom stereocenters. The highest BCUT2D eigenvalue weighted by Gasteiger charge is 2.38. The molecule has 138 valence electrons. The number of hydrogen-bond acceptors (Lipinski definition) is 2. The summed E-state index contributed by atoms with van der Waals surface area (Å²) in [7, 11) is 0. The van der Waals surface area contributed by atoms with Gasteiger partial charge < -0.3 is 10.2 Å². The molecular formula is C17H20ClF3N2O2. The van der Waals surface area contributed by atoms with Crippen molar-refractivity contribution in [2.75, 3.05) is 19.6 Å². The molecule has 1 fully saturated rings. The molecule has 1 heterocycles. The smallest absolute Gasteiger partial charge is 0.348 e. The SMILES string of the molecule is O=C(CCc1cccc(Cl)c1)N1CCC(CNC(=O)C(F)(F)F)CC1. The number of alkyl halides is 3. The van der Waals surface area contributed by atoms with Crippen molar-refractivity contribution in [1.82, 2.24) is 10.2 Å². The third kappa shape index (κ3) is 6.23. The molecule has 1 aliphatic heterocycles. The fourth-order valence-corrected chi connectivity index (χ4v) is 3.04. The molecule has 0 bridgehead atoms. The Morgan fingerprint density at radius 3 is 2.52 bits per heavy atom. The number of amides is 2. The summed E-state index contributed by atoms with van der Waals surface area (Å²) in [6, 6.07) is 7.34. The molecule has 1 aromatic rings. The first-order valence-corrected chi connectivity index (χ1v) is 8.50. The van der Waals surface area contributed by atoms with Gasteiger partial charge in [-0.1, -0.05) is 23.7 Å². The second-order valence-electron chi connectivity index (χ2n) is 6.16. The van der Waals surface area contributed by atoms with Crippen LogP contribution in [0.3, 0.4) is 0 Å². The first-order chi connectivity index (χ1) is 11.8. The predicted octanol–water partition coefficient (Wildman–Crippen LogP) is 3.19. The number of carbonyl (C=O) groups is 2. The molecule has 2 rings (SSSR count). The number of likely N-dealkylation sites (tertiary alicyclic amines) is 1. The number of benzene rings is 1. The van der Waals surface area contributed by atoms with Crippen LogP contribution in [0.25, 0.3) is 0 Å². The fourth-order valence-electron chi connectivity index (χ4n) is 2.83. The maximum atomic E-state index is 12.2. The van der Waals surface area contributed by atoms with Gasteiger partial charge in [0.15, 0.2) is 0 Å². The average Bonchev–Trinajstić information content (AvgIpc) is 2.57. The van der Waals surface area contributed by atoms with Crippen LogP contribution in [-0.4, -0.2) is 42.5 Å². The minimum absolute atomic E-state index is 0.0110. The molecule has 4 nitrogen and oxygen atoms in total. The van der Waals surface area contributed by atoms with Crippen LogP contribution in [0.5, 0.6) is 0 Å². The number of carbonyl (C=O) groups excluding carboxylic acids is 2. The van der Waals surface area contributed by atoms with E-state index in [2.05, 4.69) is 0 Å². The predicted molar refractivity (Wildman–Crippen MR) is 88.1 cm³/mol. The van der Waals surface area contributed by atoms with Gasteiger partial charge in [0.25, 0.3) is 0 Å². The van der Waals surface area contributed by atoms with Crippen LogP contribution in [0.1, 0.15) is 24.8 Å². The largest absolute Gasteiger partial charge is 0.471 e. The maximum Gasteiger partial charge on any atom is 0.471 e. The monoisotopic (exact) mass is 376 g/mol. The van der Waals surface area contributed by atoms with Gasteiger partial charge in [0.1, 0.15) is 0 Å². The van der Waals surface area contributed by atoms with E-state index < -0.39 is 12.1 Å². The van der Waals surface area contributed by atoms with Gasteiger partial charge in [-0.15, -0.1) is 0 Å². The summed E-state index contributed by atoms with van der Waals surface area (Å²) in [5.41, 5.74) is 0.991. The highest BCUT2D eigenvalue weighted by atomic mass is 35.5. The molecule has 0 spiro atoms. The number of hydrogen-bond donors (Lipinski definition) is 1. The fraction of sp³-hybridized carbons (Fsp3) is 0.529. The zero-order chi connectivity index (χ0) is 18.4. The molecule has 1 N–H and O–H groups in total. The lowest BCUT2D eigenvalue weighted by molar-refractivity contribution is -0.173. The Kier molecular flexibility index (Phi) is 6.70. The minimum atomic E-state index is -4.85. The summed E-state index contributed by atoms with van der Waals surface area (Å²) in [5.74, 6) is -1.92. The molecular weight excluding hydrogens is 357 g/mol. The highest BCUT2D eigenvalue weighted by molar-refractivity contribution is 6.30. The summed E-state index contributed by atoms with van der Waals surface area (Å²) in [5, 5.41) is 2.54. The van der Waals surface area contributed by atoms with E-state index in [1.807, 2.05) is 23.5 Å². The zero-order valence-corrected chi connectivity index (χ0v) is 14.4. The lowest BCUT2D eigenvalue weighted by Crippen LogP contribution is -2.44. The van der Waals surface area contributed by atoms with E-state index in [4.69, 9.17) is 11.6 Å². The quantitative estimate of drug-likeness (QED) is 0.858. The van der Waals surface area contributed by atoms with Gasteiger partial charge in [-0.2, -0.15) is 13.2 Å². The Labute approximate surface area is 149 Å². The molecule has 0 aliphatic carbocycles. The summed E-state index contributed by atoms with van der Waals surface area (Å²) in [4.78, 5) is 24.8. The van der Waals surface area contributed by atoms with Gasteiger partial charge in [0, 0.05) is 31.1 Å². The number of nitrogens with zero attached hydrogens (tertiary/aromatic N) is 1. The third-order valence-electron chi connectivity index (χ3n) is 4.29. The minimum Gasteiger partial charge on any atom is -0.348 e. The molecule has 1 aromatic carbocycles. The van der Waals surface area contributed by atoms with Crippen molar-refractivity contribution in [3.63, 3.8) is 0 Å². The Bertz CT molecular complexity index is 614. The van der Waals surface area contributed by atoms with E-state index in [0.29, 0.717) is 43.8 Å². The molecule has 8 heteroatoms. The average molecular weight is 377 g/mol. The number of aryl methyl sites for hydroxylation is 1. The Hall–Kier alpha value is -1.76. The summed E-state index contributed by atoms with van der Waals surface area (Å²) < 4.78 is 36.4. The lowest BCUT2D eigenvalue weighted by atomic mass is 9.96. The summed E-state index contributed by atoms with van der Waals surface area (Å²) in [6.45, 7) is 0.991. The lowest BCUT2D eigenvalue weighted by Gasteiger charge is -2.32. The van der Waals surface area contributed by atoms with Crippen molar-refractivity contribution in [1.29, 1.82) is 0 Å². The normalized spacial score (nSPS) is 15.9. The standard InChI is InChI=1S/C17H20ClF3N2O2/c18-14-3-1-2-12(10-14)4-5-15(24)23-8-6-13(7-9-23)11-22-16(25)17(19,20)21/h1-3,10,13H,4-9,11H2,(H,22,25). The molecule has 0 saturated carbocycles. The van der Waals surface area contributed by atoms with Crippen LogP contribution < -0.4 is 5.32 Å². The van der Waals surface area contributed by atoms with Crippen LogP contribution >= 0.6 is 11.6 Å². The van der Waals surface area contributed by atoms with Crippen LogP contribution in [0.2, 0.25) is 5.02 Å². The van der Waals surface area contributed by atoms with Gasteiger partial charge in [-0.3, -0.25) is 9.59 Å². The van der Waals surface area contributed by atoms with E-state index in [9.17, 15) is 22.8 Å². The summed E-state index contributed by atoms with van der Waals surface area (Å²) in [6.07, 6.45) is -2.71. The molecule has 0 radical (unpaired) electrons. The second kappa shape index (κ2) is 8.56. The molecule has 1 aliphatic rings. The van der Waals surface area contributed by atoms with Gasteiger partial charge in [-0.25, -0.2) is 0 Å². The molecule has 0 aromatic heterocycles. The molecule has 2 amide bonds. The van der Waals surface area contributed by atoms with Crippen molar-refractivity contribution in [2.45, 2.75) is 31.9 Å². The van der Waals surface area contributed by atoms with Crippen LogP contribution in [0, 0.1) is 5.92 Å². The number of halogens is 4. The third-order valence-corrected chi connectivity index (χ3v) is 4.53. The number of rotatable bonds is 5.